The summed E-state index contributed by atoms with van der Waals surface area (Å²) in [5.74, 6) is 1.41. The average Bonchev–Trinajstić information content (AvgIpc) is 2.47. The van der Waals surface area contributed by atoms with Crippen molar-refractivity contribution in [3.05, 3.63) is 41.6 Å². The molecule has 0 aliphatic carbocycles. The molecule has 0 bridgehead atoms. The third-order valence-corrected chi connectivity index (χ3v) is 3.34. The SMILES string of the molecule is COCC(C)N(C)c1cc(Cl)nc(-c2ccccc2)n1. The van der Waals surface area contributed by atoms with Gasteiger partial charge in [-0.1, -0.05) is 41.9 Å². The smallest absolute Gasteiger partial charge is 0.163 e. The van der Waals surface area contributed by atoms with Gasteiger partial charge in [-0.3, -0.25) is 0 Å². The summed E-state index contributed by atoms with van der Waals surface area (Å²) < 4.78 is 5.17. The Bertz CT molecular complexity index is 562. The van der Waals surface area contributed by atoms with Crippen LogP contribution in [-0.4, -0.2) is 36.8 Å². The molecule has 5 heteroatoms. The minimum atomic E-state index is 0.203. The molecule has 1 aromatic heterocycles. The number of methoxy groups -OCH3 is 1. The van der Waals surface area contributed by atoms with E-state index in [1.165, 1.54) is 0 Å². The summed E-state index contributed by atoms with van der Waals surface area (Å²) in [6.07, 6.45) is 0. The van der Waals surface area contributed by atoms with Crippen molar-refractivity contribution in [3.8, 4) is 11.4 Å². The van der Waals surface area contributed by atoms with Gasteiger partial charge in [0.25, 0.3) is 0 Å². The van der Waals surface area contributed by atoms with Crippen LogP contribution >= 0.6 is 11.6 Å². The first-order chi connectivity index (χ1) is 9.61. The van der Waals surface area contributed by atoms with E-state index in [0.717, 1.165) is 11.4 Å². The van der Waals surface area contributed by atoms with Crippen LogP contribution in [0.4, 0.5) is 5.82 Å². The van der Waals surface area contributed by atoms with Gasteiger partial charge >= 0.3 is 0 Å². The number of nitrogens with zero attached hydrogens (tertiary/aromatic N) is 3. The minimum absolute atomic E-state index is 0.203. The molecule has 0 amide bonds. The number of hydrogen-bond donors (Lipinski definition) is 0. The lowest BCUT2D eigenvalue weighted by Crippen LogP contribution is -2.33. The summed E-state index contributed by atoms with van der Waals surface area (Å²) in [5.41, 5.74) is 0.948. The van der Waals surface area contributed by atoms with Gasteiger partial charge in [-0.25, -0.2) is 9.97 Å². The van der Waals surface area contributed by atoms with Crippen LogP contribution in [0.2, 0.25) is 5.15 Å². The Morgan fingerprint density at radius 2 is 1.95 bits per heavy atom. The maximum absolute atomic E-state index is 6.12. The van der Waals surface area contributed by atoms with Crippen molar-refractivity contribution in [3.63, 3.8) is 0 Å². The lowest BCUT2D eigenvalue weighted by Gasteiger charge is -2.25. The Kier molecular flexibility index (Phi) is 4.93. The van der Waals surface area contributed by atoms with E-state index in [1.807, 2.05) is 42.3 Å². The van der Waals surface area contributed by atoms with Crippen LogP contribution in [0.25, 0.3) is 11.4 Å². The van der Waals surface area contributed by atoms with Crippen molar-refractivity contribution in [2.24, 2.45) is 0 Å². The Morgan fingerprint density at radius 3 is 2.60 bits per heavy atom. The molecule has 0 N–H and O–H groups in total. The zero-order chi connectivity index (χ0) is 14.5. The molecule has 1 unspecified atom stereocenters. The van der Waals surface area contributed by atoms with Crippen molar-refractivity contribution in [1.82, 2.24) is 9.97 Å². The van der Waals surface area contributed by atoms with Crippen molar-refractivity contribution < 1.29 is 4.74 Å². The van der Waals surface area contributed by atoms with E-state index >= 15 is 0 Å². The number of halogens is 1. The van der Waals surface area contributed by atoms with Gasteiger partial charge in [-0.2, -0.15) is 0 Å². The van der Waals surface area contributed by atoms with E-state index in [2.05, 4.69) is 16.9 Å². The molecule has 106 valence electrons. The van der Waals surface area contributed by atoms with Crippen LogP contribution in [0.15, 0.2) is 36.4 Å². The molecule has 1 atom stereocenters. The summed E-state index contributed by atoms with van der Waals surface area (Å²) in [6, 6.07) is 11.8. The molecule has 1 aromatic carbocycles. The summed E-state index contributed by atoms with van der Waals surface area (Å²) in [7, 11) is 3.66. The second kappa shape index (κ2) is 6.68. The van der Waals surface area contributed by atoms with Crippen LogP contribution in [0.1, 0.15) is 6.92 Å². The van der Waals surface area contributed by atoms with E-state index < -0.39 is 0 Å². The van der Waals surface area contributed by atoms with E-state index in [-0.39, 0.29) is 6.04 Å². The van der Waals surface area contributed by atoms with E-state index in [1.54, 1.807) is 13.2 Å². The van der Waals surface area contributed by atoms with Crippen LogP contribution in [-0.2, 0) is 4.74 Å². The van der Waals surface area contributed by atoms with Crippen LogP contribution in [0.5, 0.6) is 0 Å². The summed E-state index contributed by atoms with van der Waals surface area (Å²) >= 11 is 6.12. The van der Waals surface area contributed by atoms with E-state index in [0.29, 0.717) is 17.6 Å². The molecule has 0 aliphatic heterocycles. The van der Waals surface area contributed by atoms with Gasteiger partial charge in [0, 0.05) is 25.8 Å². The number of hydrogen-bond acceptors (Lipinski definition) is 4. The number of anilines is 1. The highest BCUT2D eigenvalue weighted by Gasteiger charge is 2.14. The molecule has 0 aliphatic rings. The lowest BCUT2D eigenvalue weighted by molar-refractivity contribution is 0.183. The van der Waals surface area contributed by atoms with Gasteiger partial charge < -0.3 is 9.64 Å². The second-order valence-corrected chi connectivity index (χ2v) is 5.04. The van der Waals surface area contributed by atoms with Gasteiger partial charge in [0.2, 0.25) is 0 Å². The van der Waals surface area contributed by atoms with Gasteiger partial charge in [0.15, 0.2) is 5.82 Å². The second-order valence-electron chi connectivity index (χ2n) is 4.65. The third-order valence-electron chi connectivity index (χ3n) is 3.14. The predicted molar refractivity (Wildman–Crippen MR) is 82.2 cm³/mol. The molecule has 1 heterocycles. The number of ether oxygens (including phenoxy) is 1. The molecule has 0 fully saturated rings. The minimum Gasteiger partial charge on any atom is -0.383 e. The molecular weight excluding hydrogens is 274 g/mol. The van der Waals surface area contributed by atoms with E-state index in [9.17, 15) is 0 Å². The van der Waals surface area contributed by atoms with Gasteiger partial charge in [-0.15, -0.1) is 0 Å². The zero-order valence-electron chi connectivity index (χ0n) is 11.9. The number of likely N-dealkylation sites (N-methyl/N-ethyl adjacent to an activating group) is 1. The molecule has 4 nitrogen and oxygen atoms in total. The molecular formula is C15H18ClN3O. The van der Waals surface area contributed by atoms with Crippen molar-refractivity contribution in [2.75, 3.05) is 25.7 Å². The van der Waals surface area contributed by atoms with Crippen LogP contribution in [0.3, 0.4) is 0 Å². The van der Waals surface area contributed by atoms with Crippen LogP contribution < -0.4 is 4.90 Å². The highest BCUT2D eigenvalue weighted by molar-refractivity contribution is 6.29. The Morgan fingerprint density at radius 1 is 1.25 bits per heavy atom. The Labute approximate surface area is 124 Å². The fraction of sp³-hybridized carbons (Fsp3) is 0.333. The molecule has 0 radical (unpaired) electrons. The maximum Gasteiger partial charge on any atom is 0.163 e. The standard InChI is InChI=1S/C15H18ClN3O/c1-11(10-20-3)19(2)14-9-13(16)17-15(18-14)12-7-5-4-6-8-12/h4-9,11H,10H2,1-3H3. The third kappa shape index (κ3) is 3.46. The van der Waals surface area contributed by atoms with Crippen molar-refractivity contribution in [1.29, 1.82) is 0 Å². The van der Waals surface area contributed by atoms with Crippen molar-refractivity contribution in [2.45, 2.75) is 13.0 Å². The first-order valence-electron chi connectivity index (χ1n) is 6.43. The zero-order valence-corrected chi connectivity index (χ0v) is 12.6. The normalized spacial score (nSPS) is 12.2. The Hall–Kier alpha value is -1.65. The number of rotatable bonds is 5. The fourth-order valence-electron chi connectivity index (χ4n) is 1.88. The number of benzene rings is 1. The molecule has 2 rings (SSSR count). The summed E-state index contributed by atoms with van der Waals surface area (Å²) in [6.45, 7) is 2.69. The summed E-state index contributed by atoms with van der Waals surface area (Å²) in [4.78, 5) is 10.9. The first-order valence-corrected chi connectivity index (χ1v) is 6.81. The van der Waals surface area contributed by atoms with Crippen molar-refractivity contribution >= 4 is 17.4 Å². The van der Waals surface area contributed by atoms with Gasteiger partial charge in [0.05, 0.1) is 12.6 Å². The molecule has 0 saturated carbocycles. The highest BCUT2D eigenvalue weighted by atomic mass is 35.5. The van der Waals surface area contributed by atoms with Gasteiger partial charge in [0.1, 0.15) is 11.0 Å². The first kappa shape index (κ1) is 14.8. The van der Waals surface area contributed by atoms with Crippen LogP contribution in [0, 0.1) is 0 Å². The Balaban J connectivity index is 2.34. The molecule has 2 aromatic rings. The fourth-order valence-corrected chi connectivity index (χ4v) is 2.06. The molecule has 0 spiro atoms. The van der Waals surface area contributed by atoms with E-state index in [4.69, 9.17) is 16.3 Å². The molecule has 20 heavy (non-hydrogen) atoms. The average molecular weight is 292 g/mol. The molecule has 0 saturated heterocycles. The summed E-state index contributed by atoms with van der Waals surface area (Å²) in [5, 5.41) is 0.435. The lowest BCUT2D eigenvalue weighted by atomic mass is 10.2. The maximum atomic E-state index is 6.12. The number of aromatic nitrogens is 2. The monoisotopic (exact) mass is 291 g/mol. The predicted octanol–water partition coefficient (Wildman–Crippen LogP) is 3.27. The highest BCUT2D eigenvalue weighted by Crippen LogP contribution is 2.22. The van der Waals surface area contributed by atoms with Gasteiger partial charge in [-0.05, 0) is 6.92 Å². The largest absolute Gasteiger partial charge is 0.383 e. The quantitative estimate of drug-likeness (QED) is 0.793. The topological polar surface area (TPSA) is 38.2 Å².